The van der Waals surface area contributed by atoms with E-state index in [4.69, 9.17) is 4.74 Å². The third-order valence-corrected chi connectivity index (χ3v) is 4.43. The predicted octanol–water partition coefficient (Wildman–Crippen LogP) is 1.98. The summed E-state index contributed by atoms with van der Waals surface area (Å²) < 4.78 is 5.08. The molecule has 2 heterocycles. The number of nitrogens with zero attached hydrogens (tertiary/aromatic N) is 3. The van der Waals surface area contributed by atoms with Gasteiger partial charge in [0.2, 0.25) is 5.91 Å². The molecule has 0 atom stereocenters. The predicted molar refractivity (Wildman–Crippen MR) is 90.0 cm³/mol. The highest BCUT2D eigenvalue weighted by atomic mass is 32.1. The lowest BCUT2D eigenvalue weighted by molar-refractivity contribution is -0.126. The smallest absolute Gasteiger partial charge is 0.348 e. The summed E-state index contributed by atoms with van der Waals surface area (Å²) in [6.45, 7) is 5.83. The van der Waals surface area contributed by atoms with Gasteiger partial charge in [-0.2, -0.15) is 0 Å². The summed E-state index contributed by atoms with van der Waals surface area (Å²) in [6.07, 6.45) is 0. The fraction of sp³-hybridized carbons (Fsp3) is 0.467. The van der Waals surface area contributed by atoms with Gasteiger partial charge in [0.1, 0.15) is 21.3 Å². The van der Waals surface area contributed by atoms with Crippen LogP contribution in [0.4, 0.5) is 5.82 Å². The molecule has 0 bridgehead atoms. The maximum absolute atomic E-state index is 12.0. The van der Waals surface area contributed by atoms with E-state index in [1.54, 1.807) is 27.9 Å². The third kappa shape index (κ3) is 3.58. The molecule has 1 amide bonds. The van der Waals surface area contributed by atoms with Crippen LogP contribution in [0.2, 0.25) is 0 Å². The summed E-state index contributed by atoms with van der Waals surface area (Å²) >= 11 is 1.28. The van der Waals surface area contributed by atoms with E-state index in [0.717, 1.165) is 10.9 Å². The highest BCUT2D eigenvalue weighted by Crippen LogP contribution is 2.34. The van der Waals surface area contributed by atoms with E-state index in [-0.39, 0.29) is 18.4 Å². The number of hydrogen-bond acceptors (Lipinski definition) is 7. The first-order chi connectivity index (χ1) is 10.8. The van der Waals surface area contributed by atoms with Crippen molar-refractivity contribution in [2.45, 2.75) is 20.8 Å². The number of hydrogen-bond donors (Lipinski definition) is 1. The number of nitrogens with one attached hydrogen (secondary N) is 1. The van der Waals surface area contributed by atoms with E-state index in [1.807, 2.05) is 6.92 Å². The Bertz CT molecular complexity index is 755. The van der Waals surface area contributed by atoms with Gasteiger partial charge in [-0.25, -0.2) is 14.8 Å². The number of aromatic nitrogens is 2. The van der Waals surface area contributed by atoms with Crippen molar-refractivity contribution in [1.82, 2.24) is 14.9 Å². The molecule has 0 aliphatic rings. The highest BCUT2D eigenvalue weighted by Gasteiger charge is 2.21. The number of amides is 1. The number of ether oxygens (including phenoxy) is 1. The van der Waals surface area contributed by atoms with Crippen LogP contribution in [-0.2, 0) is 9.53 Å². The molecular weight excluding hydrogens is 316 g/mol. The molecule has 2 aromatic heterocycles. The van der Waals surface area contributed by atoms with Crippen LogP contribution >= 0.6 is 11.3 Å². The Morgan fingerprint density at radius 2 is 1.96 bits per heavy atom. The zero-order valence-corrected chi connectivity index (χ0v) is 14.7. The van der Waals surface area contributed by atoms with E-state index >= 15 is 0 Å². The summed E-state index contributed by atoms with van der Waals surface area (Å²) in [4.78, 5) is 35.3. The van der Waals surface area contributed by atoms with Crippen molar-refractivity contribution >= 4 is 39.2 Å². The number of fused-ring (bicyclic) bond motifs is 1. The fourth-order valence-corrected chi connectivity index (χ4v) is 3.20. The Labute approximate surface area is 138 Å². The summed E-state index contributed by atoms with van der Waals surface area (Å²) in [7, 11) is 3.39. The van der Waals surface area contributed by atoms with Crippen molar-refractivity contribution in [3.8, 4) is 0 Å². The van der Waals surface area contributed by atoms with Gasteiger partial charge < -0.3 is 15.0 Å². The Kier molecular flexibility index (Phi) is 5.15. The van der Waals surface area contributed by atoms with Gasteiger partial charge in [-0.1, -0.05) is 0 Å². The number of rotatable bonds is 5. The number of aryl methyl sites for hydroxylation is 2. The molecule has 0 aliphatic heterocycles. The van der Waals surface area contributed by atoms with Crippen LogP contribution in [0.15, 0.2) is 0 Å². The molecule has 0 spiro atoms. The van der Waals surface area contributed by atoms with E-state index in [9.17, 15) is 9.59 Å². The Hall–Kier alpha value is -2.22. The topological polar surface area (TPSA) is 84.4 Å². The average Bonchev–Trinajstić information content (AvgIpc) is 2.81. The van der Waals surface area contributed by atoms with Crippen LogP contribution in [0.3, 0.4) is 0 Å². The highest BCUT2D eigenvalue weighted by molar-refractivity contribution is 7.20. The quantitative estimate of drug-likeness (QED) is 0.841. The Morgan fingerprint density at radius 3 is 2.57 bits per heavy atom. The van der Waals surface area contributed by atoms with Crippen molar-refractivity contribution < 1.29 is 14.3 Å². The second-order valence-corrected chi connectivity index (χ2v) is 6.22. The maximum Gasteiger partial charge on any atom is 0.348 e. The standard InChI is InChI=1S/C15H20N4O3S/c1-6-22-15(21)12-8(2)11-13(16-7-10(20)19(4)5)17-9(3)18-14(11)23-12/h6-7H2,1-5H3,(H,16,17,18). The normalized spacial score (nSPS) is 10.7. The van der Waals surface area contributed by atoms with Gasteiger partial charge in [0, 0.05) is 14.1 Å². The minimum absolute atomic E-state index is 0.0621. The van der Waals surface area contributed by atoms with E-state index in [1.165, 1.54) is 16.2 Å². The van der Waals surface area contributed by atoms with Crippen molar-refractivity contribution in [1.29, 1.82) is 0 Å². The summed E-state index contributed by atoms with van der Waals surface area (Å²) in [6, 6.07) is 0. The number of likely N-dealkylation sites (N-methyl/N-ethyl adjacent to an activating group) is 1. The van der Waals surface area contributed by atoms with E-state index in [0.29, 0.717) is 28.0 Å². The second-order valence-electron chi connectivity index (χ2n) is 5.22. The molecule has 7 nitrogen and oxygen atoms in total. The van der Waals surface area contributed by atoms with Crippen LogP contribution in [0, 0.1) is 13.8 Å². The molecule has 0 saturated carbocycles. The zero-order valence-electron chi connectivity index (χ0n) is 13.9. The van der Waals surface area contributed by atoms with Gasteiger partial charge in [-0.05, 0) is 26.3 Å². The first-order valence-corrected chi connectivity index (χ1v) is 8.05. The molecule has 0 unspecified atom stereocenters. The van der Waals surface area contributed by atoms with E-state index < -0.39 is 0 Å². The van der Waals surface area contributed by atoms with Gasteiger partial charge in [0.25, 0.3) is 0 Å². The average molecular weight is 336 g/mol. The SMILES string of the molecule is CCOC(=O)c1sc2nc(C)nc(NCC(=O)N(C)C)c2c1C. The molecule has 124 valence electrons. The van der Waals surface area contributed by atoms with Crippen molar-refractivity contribution in [3.05, 3.63) is 16.3 Å². The molecule has 0 radical (unpaired) electrons. The number of carbonyl (C=O) groups is 2. The monoisotopic (exact) mass is 336 g/mol. The number of anilines is 1. The van der Waals surface area contributed by atoms with Crippen LogP contribution in [0.25, 0.3) is 10.2 Å². The number of carbonyl (C=O) groups excluding carboxylic acids is 2. The molecule has 0 aromatic carbocycles. The van der Waals surface area contributed by atoms with Crippen LogP contribution in [0.1, 0.15) is 28.0 Å². The van der Waals surface area contributed by atoms with Gasteiger partial charge >= 0.3 is 5.97 Å². The zero-order chi connectivity index (χ0) is 17.1. The van der Waals surface area contributed by atoms with Gasteiger partial charge in [-0.3, -0.25) is 4.79 Å². The van der Waals surface area contributed by atoms with Crippen molar-refractivity contribution in [2.75, 3.05) is 32.6 Å². The third-order valence-electron chi connectivity index (χ3n) is 3.27. The lowest BCUT2D eigenvalue weighted by Gasteiger charge is -2.12. The summed E-state index contributed by atoms with van der Waals surface area (Å²) in [5.74, 6) is 0.717. The fourth-order valence-electron chi connectivity index (χ4n) is 2.08. The van der Waals surface area contributed by atoms with E-state index in [2.05, 4.69) is 15.3 Å². The molecule has 0 saturated heterocycles. The second kappa shape index (κ2) is 6.91. The minimum Gasteiger partial charge on any atom is -0.462 e. The minimum atomic E-state index is -0.360. The number of esters is 1. The first kappa shape index (κ1) is 17.1. The summed E-state index contributed by atoms with van der Waals surface area (Å²) in [5.41, 5.74) is 0.767. The molecule has 8 heteroatoms. The molecule has 2 rings (SSSR count). The molecule has 1 N–H and O–H groups in total. The number of thiophene rings is 1. The molecule has 23 heavy (non-hydrogen) atoms. The molecule has 2 aromatic rings. The maximum atomic E-state index is 12.0. The van der Waals surface area contributed by atoms with Crippen LogP contribution in [-0.4, -0.2) is 54.0 Å². The van der Waals surface area contributed by atoms with Crippen LogP contribution in [0.5, 0.6) is 0 Å². The Balaban J connectivity index is 2.44. The first-order valence-electron chi connectivity index (χ1n) is 7.24. The van der Waals surface area contributed by atoms with Gasteiger partial charge in [0.15, 0.2) is 0 Å². The van der Waals surface area contributed by atoms with Gasteiger partial charge in [0.05, 0.1) is 18.5 Å². The van der Waals surface area contributed by atoms with Crippen molar-refractivity contribution in [3.63, 3.8) is 0 Å². The van der Waals surface area contributed by atoms with Crippen molar-refractivity contribution in [2.24, 2.45) is 0 Å². The molecule has 0 fully saturated rings. The van der Waals surface area contributed by atoms with Crippen LogP contribution < -0.4 is 5.32 Å². The molecule has 0 aliphatic carbocycles. The lowest BCUT2D eigenvalue weighted by atomic mass is 10.2. The lowest BCUT2D eigenvalue weighted by Crippen LogP contribution is -2.28. The molecular formula is C15H20N4O3S. The summed E-state index contributed by atoms with van der Waals surface area (Å²) in [5, 5.41) is 3.81. The van der Waals surface area contributed by atoms with Gasteiger partial charge in [-0.15, -0.1) is 11.3 Å². The largest absolute Gasteiger partial charge is 0.462 e. The Morgan fingerprint density at radius 1 is 1.26 bits per heavy atom.